The summed E-state index contributed by atoms with van der Waals surface area (Å²) in [5.41, 5.74) is 0.464. The first-order chi connectivity index (χ1) is 6.15. The van der Waals surface area contributed by atoms with Crippen molar-refractivity contribution in [1.29, 1.82) is 0 Å². The molecule has 0 atom stereocenters. The van der Waals surface area contributed by atoms with Crippen LogP contribution in [0.4, 0.5) is 0 Å². The number of imide groups is 1. The summed E-state index contributed by atoms with van der Waals surface area (Å²) in [7, 11) is 0. The van der Waals surface area contributed by atoms with Crippen LogP contribution in [0.15, 0.2) is 12.3 Å². The summed E-state index contributed by atoms with van der Waals surface area (Å²) < 4.78 is 0. The van der Waals surface area contributed by atoms with Crippen molar-refractivity contribution in [1.82, 2.24) is 10.2 Å². The Morgan fingerprint density at radius 3 is 2.46 bits per heavy atom. The Bertz CT molecular complexity index is 234. The summed E-state index contributed by atoms with van der Waals surface area (Å²) in [5.74, 6) is -0.350. The number of hydrogen-bond donors (Lipinski definition) is 2. The van der Waals surface area contributed by atoms with Gasteiger partial charge in [-0.15, -0.1) is 0 Å². The third kappa shape index (κ3) is 2.29. The lowest BCUT2D eigenvalue weighted by atomic mass is 10.4. The zero-order valence-corrected chi connectivity index (χ0v) is 7.25. The van der Waals surface area contributed by atoms with Crippen LogP contribution in [-0.4, -0.2) is 35.1 Å². The van der Waals surface area contributed by atoms with Crippen molar-refractivity contribution in [3.05, 3.63) is 12.3 Å². The molecule has 0 aromatic heterocycles. The Hall–Kier alpha value is -1.36. The van der Waals surface area contributed by atoms with Crippen LogP contribution in [0.3, 0.4) is 0 Å². The third-order valence-corrected chi connectivity index (χ3v) is 1.83. The molecule has 0 aromatic rings. The molecule has 5 heteroatoms. The molecule has 2 N–H and O–H groups in total. The average molecular weight is 184 g/mol. The number of aliphatic hydroxyl groups excluding tert-OH is 1. The van der Waals surface area contributed by atoms with Crippen molar-refractivity contribution in [3.8, 4) is 0 Å². The Morgan fingerprint density at radius 2 is 2.00 bits per heavy atom. The number of nitrogens with one attached hydrogen (secondary N) is 1. The Labute approximate surface area is 76.0 Å². The fraction of sp³-hybridized carbons (Fsp3) is 0.500. The van der Waals surface area contributed by atoms with Gasteiger partial charge in [0.2, 0.25) is 11.8 Å². The summed E-state index contributed by atoms with van der Waals surface area (Å²) in [6, 6.07) is 0. The van der Waals surface area contributed by atoms with Crippen LogP contribution >= 0.6 is 0 Å². The van der Waals surface area contributed by atoms with Gasteiger partial charge in [-0.2, -0.15) is 0 Å². The fourth-order valence-corrected chi connectivity index (χ4v) is 1.16. The van der Waals surface area contributed by atoms with Gasteiger partial charge in [0.05, 0.1) is 6.54 Å². The number of hydrogen-bond acceptors (Lipinski definition) is 4. The molecule has 2 amide bonds. The minimum absolute atomic E-state index is 0.151. The second-order valence-corrected chi connectivity index (χ2v) is 2.81. The molecule has 13 heavy (non-hydrogen) atoms. The van der Waals surface area contributed by atoms with Gasteiger partial charge in [0, 0.05) is 18.5 Å². The van der Waals surface area contributed by atoms with E-state index in [0.717, 1.165) is 4.90 Å². The minimum atomic E-state index is -0.241. The van der Waals surface area contributed by atoms with Crippen molar-refractivity contribution >= 4 is 11.8 Å². The van der Waals surface area contributed by atoms with Gasteiger partial charge in [-0.1, -0.05) is 6.58 Å². The van der Waals surface area contributed by atoms with Crippen molar-refractivity contribution in [3.63, 3.8) is 0 Å². The smallest absolute Gasteiger partial charge is 0.230 e. The van der Waals surface area contributed by atoms with E-state index < -0.39 is 0 Å². The highest BCUT2D eigenvalue weighted by atomic mass is 16.3. The summed E-state index contributed by atoms with van der Waals surface area (Å²) in [6.45, 7) is 3.47. The van der Waals surface area contributed by atoms with E-state index in [-0.39, 0.29) is 37.9 Å². The molecule has 1 heterocycles. The van der Waals surface area contributed by atoms with Crippen LogP contribution in [0.5, 0.6) is 0 Å². The summed E-state index contributed by atoms with van der Waals surface area (Å²) in [4.78, 5) is 23.3. The molecule has 1 rings (SSSR count). The molecule has 0 unspecified atom stereocenters. The van der Waals surface area contributed by atoms with Crippen molar-refractivity contribution in [2.24, 2.45) is 0 Å². The van der Waals surface area contributed by atoms with Crippen LogP contribution < -0.4 is 5.32 Å². The molecule has 5 nitrogen and oxygen atoms in total. The summed E-state index contributed by atoms with van der Waals surface area (Å²) in [6.07, 6.45) is 0.566. The molecule has 0 spiro atoms. The van der Waals surface area contributed by atoms with Crippen molar-refractivity contribution in [2.75, 3.05) is 13.3 Å². The van der Waals surface area contributed by atoms with Crippen molar-refractivity contribution < 1.29 is 14.7 Å². The number of amides is 2. The number of likely N-dealkylation sites (tertiary alicyclic amines) is 1. The second-order valence-electron chi connectivity index (χ2n) is 2.81. The van der Waals surface area contributed by atoms with Crippen LogP contribution in [0, 0.1) is 0 Å². The Balaban J connectivity index is 2.48. The predicted molar refractivity (Wildman–Crippen MR) is 45.3 cm³/mol. The molecule has 0 bridgehead atoms. The molecule has 1 saturated heterocycles. The van der Waals surface area contributed by atoms with Gasteiger partial charge in [0.25, 0.3) is 0 Å². The lowest BCUT2D eigenvalue weighted by molar-refractivity contribution is -0.137. The van der Waals surface area contributed by atoms with E-state index >= 15 is 0 Å². The van der Waals surface area contributed by atoms with E-state index in [4.69, 9.17) is 5.11 Å². The van der Waals surface area contributed by atoms with Gasteiger partial charge in [-0.05, 0) is 0 Å². The predicted octanol–water partition coefficient (Wildman–Crippen LogP) is -0.812. The third-order valence-electron chi connectivity index (χ3n) is 1.83. The van der Waals surface area contributed by atoms with E-state index in [1.807, 2.05) is 0 Å². The maximum atomic E-state index is 11.1. The van der Waals surface area contributed by atoms with Gasteiger partial charge in [-0.25, -0.2) is 0 Å². The zero-order chi connectivity index (χ0) is 9.84. The fourth-order valence-electron chi connectivity index (χ4n) is 1.16. The van der Waals surface area contributed by atoms with Gasteiger partial charge in [0.15, 0.2) is 0 Å². The van der Waals surface area contributed by atoms with E-state index in [2.05, 4.69) is 11.9 Å². The normalized spacial score (nSPS) is 16.5. The van der Waals surface area contributed by atoms with Crippen LogP contribution in [0.25, 0.3) is 0 Å². The molecule has 0 aromatic carbocycles. The maximum absolute atomic E-state index is 11.1. The first kappa shape index (κ1) is 9.73. The molecule has 1 aliphatic rings. The van der Waals surface area contributed by atoms with E-state index in [1.165, 1.54) is 0 Å². The van der Waals surface area contributed by atoms with Crippen LogP contribution in [-0.2, 0) is 9.59 Å². The molecule has 1 aliphatic heterocycles. The molecule has 0 aliphatic carbocycles. The van der Waals surface area contributed by atoms with Gasteiger partial charge in [0.1, 0.15) is 6.73 Å². The maximum Gasteiger partial charge on any atom is 0.230 e. The topological polar surface area (TPSA) is 69.6 Å². The SMILES string of the molecule is C=C(CN1C(=O)CCC1=O)NCO. The number of nitrogens with zero attached hydrogens (tertiary/aromatic N) is 1. The average Bonchev–Trinajstić information content (AvgIpc) is 2.36. The molecule has 72 valence electrons. The Kier molecular flexibility index (Phi) is 3.02. The molecule has 0 saturated carbocycles. The van der Waals surface area contributed by atoms with E-state index in [0.29, 0.717) is 5.70 Å². The highest BCUT2D eigenvalue weighted by Gasteiger charge is 2.28. The molecule has 1 fully saturated rings. The number of carbonyl (C=O) groups is 2. The second kappa shape index (κ2) is 4.04. The van der Waals surface area contributed by atoms with Crippen LogP contribution in [0.2, 0.25) is 0 Å². The first-order valence-corrected chi connectivity index (χ1v) is 4.01. The standard InChI is InChI=1S/C8H12N2O3/c1-6(9-5-11)4-10-7(12)2-3-8(10)13/h9,11H,1-5H2. The summed E-state index contributed by atoms with van der Waals surface area (Å²) in [5, 5.41) is 11.0. The lowest BCUT2D eigenvalue weighted by Gasteiger charge is -2.15. The van der Waals surface area contributed by atoms with E-state index in [9.17, 15) is 9.59 Å². The molecular formula is C8H12N2O3. The monoisotopic (exact) mass is 184 g/mol. The molecular weight excluding hydrogens is 172 g/mol. The van der Waals surface area contributed by atoms with Gasteiger partial charge >= 0.3 is 0 Å². The number of carbonyl (C=O) groups excluding carboxylic acids is 2. The largest absolute Gasteiger partial charge is 0.377 e. The zero-order valence-electron chi connectivity index (χ0n) is 7.25. The highest BCUT2D eigenvalue weighted by Crippen LogP contribution is 2.12. The number of rotatable bonds is 4. The first-order valence-electron chi connectivity index (χ1n) is 4.01. The quantitative estimate of drug-likeness (QED) is 0.443. The minimum Gasteiger partial charge on any atom is -0.377 e. The van der Waals surface area contributed by atoms with Gasteiger partial charge in [-0.3, -0.25) is 14.5 Å². The highest BCUT2D eigenvalue weighted by molar-refractivity contribution is 6.02. The lowest BCUT2D eigenvalue weighted by Crippen LogP contribution is -2.34. The number of aliphatic hydroxyl groups is 1. The Morgan fingerprint density at radius 1 is 1.46 bits per heavy atom. The molecule has 0 radical (unpaired) electrons. The van der Waals surface area contributed by atoms with E-state index in [1.54, 1.807) is 0 Å². The van der Waals surface area contributed by atoms with Crippen molar-refractivity contribution in [2.45, 2.75) is 12.8 Å². The summed E-state index contributed by atoms with van der Waals surface area (Å²) >= 11 is 0. The van der Waals surface area contributed by atoms with Crippen LogP contribution in [0.1, 0.15) is 12.8 Å². The van der Waals surface area contributed by atoms with Gasteiger partial charge < -0.3 is 10.4 Å².